The van der Waals surface area contributed by atoms with Crippen LogP contribution in [-0.4, -0.2) is 70.6 Å². The first-order valence-electron chi connectivity index (χ1n) is 12.2. The summed E-state index contributed by atoms with van der Waals surface area (Å²) < 4.78 is 41.2. The first kappa shape index (κ1) is 25.0. The Hall–Kier alpha value is -3.67. The highest BCUT2D eigenvalue weighted by molar-refractivity contribution is 6.02. The monoisotopic (exact) mass is 514 g/mol. The second-order valence-corrected chi connectivity index (χ2v) is 9.64. The number of carbonyl (C=O) groups excluding carboxylic acids is 1. The van der Waals surface area contributed by atoms with Crippen molar-refractivity contribution in [2.24, 2.45) is 0 Å². The lowest BCUT2D eigenvalue weighted by Crippen LogP contribution is -2.37. The van der Waals surface area contributed by atoms with Crippen molar-refractivity contribution in [2.75, 3.05) is 55.8 Å². The number of amides is 1. The molecule has 196 valence electrons. The fourth-order valence-electron chi connectivity index (χ4n) is 4.77. The molecule has 0 unspecified atom stereocenters. The first-order chi connectivity index (χ1) is 17.7. The molecule has 9 nitrogen and oxygen atoms in total. The topological polar surface area (TPSA) is 91.2 Å². The summed E-state index contributed by atoms with van der Waals surface area (Å²) in [5.41, 5.74) is 1.26. The molecule has 0 saturated carbocycles. The highest BCUT2D eigenvalue weighted by Gasteiger charge is 2.31. The number of alkyl halides is 3. The van der Waals surface area contributed by atoms with Gasteiger partial charge in [-0.2, -0.15) is 13.2 Å². The standard InChI is InChI=1S/C25H29F3N8O/c1-34(2)11-12-36-14-19(16-3-5-18(6-4-16)25(26,27)28)32-23(36)17-7-9-35(10-8-17)24-21-22(30-15-31-24)29-13-20(37)33-21/h3-6,14-15,17H,7-13H2,1-2H3,(H,33,37)(H,29,30,31). The number of halogens is 3. The minimum atomic E-state index is -4.37. The third-order valence-corrected chi connectivity index (χ3v) is 6.77. The Kier molecular flexibility index (Phi) is 6.76. The third-order valence-electron chi connectivity index (χ3n) is 6.77. The van der Waals surface area contributed by atoms with E-state index in [9.17, 15) is 18.0 Å². The van der Waals surface area contributed by atoms with Gasteiger partial charge in [0, 0.05) is 43.9 Å². The van der Waals surface area contributed by atoms with Crippen molar-refractivity contribution in [1.82, 2.24) is 24.4 Å². The molecule has 0 aliphatic carbocycles. The van der Waals surface area contributed by atoms with Gasteiger partial charge in [-0.25, -0.2) is 15.0 Å². The normalized spacial score (nSPS) is 16.5. The number of hydrogen-bond acceptors (Lipinski definition) is 7. The van der Waals surface area contributed by atoms with E-state index in [0.717, 1.165) is 57.0 Å². The van der Waals surface area contributed by atoms with Crippen LogP contribution in [-0.2, 0) is 17.5 Å². The summed E-state index contributed by atoms with van der Waals surface area (Å²) in [4.78, 5) is 29.7. The molecule has 1 aromatic carbocycles. The second kappa shape index (κ2) is 10.0. The van der Waals surface area contributed by atoms with E-state index in [4.69, 9.17) is 4.98 Å². The maximum Gasteiger partial charge on any atom is 0.416 e. The molecular formula is C25H29F3N8O. The molecule has 37 heavy (non-hydrogen) atoms. The van der Waals surface area contributed by atoms with E-state index >= 15 is 0 Å². The fourth-order valence-corrected chi connectivity index (χ4v) is 4.77. The molecule has 5 rings (SSSR count). The molecule has 0 radical (unpaired) electrons. The number of fused-ring (bicyclic) bond motifs is 1. The van der Waals surface area contributed by atoms with Crippen molar-refractivity contribution in [1.29, 1.82) is 0 Å². The average Bonchev–Trinajstić information content (AvgIpc) is 3.31. The molecular weight excluding hydrogens is 485 g/mol. The minimum Gasteiger partial charge on any atom is -0.359 e. The number of piperidine rings is 1. The van der Waals surface area contributed by atoms with Crippen molar-refractivity contribution in [3.05, 3.63) is 48.2 Å². The molecule has 3 aromatic rings. The van der Waals surface area contributed by atoms with Crippen LogP contribution in [0, 0.1) is 0 Å². The van der Waals surface area contributed by atoms with Crippen molar-refractivity contribution in [2.45, 2.75) is 31.5 Å². The highest BCUT2D eigenvalue weighted by atomic mass is 19.4. The average molecular weight is 515 g/mol. The van der Waals surface area contributed by atoms with Crippen LogP contribution in [0.4, 0.5) is 30.5 Å². The number of carbonyl (C=O) groups is 1. The zero-order chi connectivity index (χ0) is 26.2. The molecule has 4 heterocycles. The Balaban J connectivity index is 1.36. The molecule has 12 heteroatoms. The first-order valence-corrected chi connectivity index (χ1v) is 12.2. The van der Waals surface area contributed by atoms with E-state index in [0.29, 0.717) is 28.6 Å². The number of rotatable bonds is 6. The Morgan fingerprint density at radius 1 is 1.11 bits per heavy atom. The van der Waals surface area contributed by atoms with Crippen molar-refractivity contribution >= 4 is 23.2 Å². The van der Waals surface area contributed by atoms with Gasteiger partial charge in [-0.1, -0.05) is 12.1 Å². The molecule has 2 aliphatic heterocycles. The molecule has 2 aromatic heterocycles. The number of nitrogens with zero attached hydrogens (tertiary/aromatic N) is 6. The highest BCUT2D eigenvalue weighted by Crippen LogP contribution is 2.37. The number of anilines is 3. The number of hydrogen-bond donors (Lipinski definition) is 2. The Morgan fingerprint density at radius 3 is 2.51 bits per heavy atom. The molecule has 2 aliphatic rings. The molecule has 0 atom stereocenters. The van der Waals surface area contributed by atoms with Crippen LogP contribution in [0.2, 0.25) is 0 Å². The zero-order valence-electron chi connectivity index (χ0n) is 20.7. The molecule has 0 bridgehead atoms. The Morgan fingerprint density at radius 2 is 1.84 bits per heavy atom. The van der Waals surface area contributed by atoms with Crippen molar-refractivity contribution in [3.8, 4) is 11.3 Å². The molecule has 0 spiro atoms. The van der Waals surface area contributed by atoms with Gasteiger partial charge in [0.1, 0.15) is 17.8 Å². The van der Waals surface area contributed by atoms with E-state index in [1.165, 1.54) is 18.5 Å². The van der Waals surface area contributed by atoms with Gasteiger partial charge in [0.05, 0.1) is 17.8 Å². The van der Waals surface area contributed by atoms with Crippen LogP contribution in [0.15, 0.2) is 36.8 Å². The SMILES string of the molecule is CN(C)CCn1cc(-c2ccc(C(F)(F)F)cc2)nc1C1CCN(c2ncnc3c2NC(=O)CN3)CC1. The summed E-state index contributed by atoms with van der Waals surface area (Å²) in [7, 11) is 4.00. The van der Waals surface area contributed by atoms with Crippen LogP contribution in [0.25, 0.3) is 11.3 Å². The predicted molar refractivity (Wildman–Crippen MR) is 135 cm³/mol. The van der Waals surface area contributed by atoms with Crippen molar-refractivity contribution in [3.63, 3.8) is 0 Å². The molecule has 1 amide bonds. The van der Waals surface area contributed by atoms with Crippen LogP contribution >= 0.6 is 0 Å². The van der Waals surface area contributed by atoms with Crippen LogP contribution in [0.1, 0.15) is 30.1 Å². The van der Waals surface area contributed by atoms with Crippen LogP contribution < -0.4 is 15.5 Å². The Bertz CT molecular complexity index is 1260. The number of imidazole rings is 1. The van der Waals surface area contributed by atoms with E-state index in [2.05, 4.69) is 35.0 Å². The second-order valence-electron chi connectivity index (χ2n) is 9.64. The van der Waals surface area contributed by atoms with E-state index in [1.54, 1.807) is 0 Å². The summed E-state index contributed by atoms with van der Waals surface area (Å²) in [6.45, 7) is 3.17. The summed E-state index contributed by atoms with van der Waals surface area (Å²) in [6, 6.07) is 5.16. The van der Waals surface area contributed by atoms with Crippen LogP contribution in [0.3, 0.4) is 0 Å². The lowest BCUT2D eigenvalue weighted by Gasteiger charge is -2.34. The Labute approximate surface area is 212 Å². The third kappa shape index (κ3) is 5.38. The molecule has 1 fully saturated rings. The summed E-state index contributed by atoms with van der Waals surface area (Å²) in [5.74, 6) is 2.32. The molecule has 2 N–H and O–H groups in total. The van der Waals surface area contributed by atoms with Gasteiger partial charge in [-0.15, -0.1) is 0 Å². The largest absolute Gasteiger partial charge is 0.416 e. The van der Waals surface area contributed by atoms with Gasteiger partial charge in [0.25, 0.3) is 0 Å². The van der Waals surface area contributed by atoms with Gasteiger partial charge < -0.3 is 25.0 Å². The maximum absolute atomic E-state index is 13.0. The lowest BCUT2D eigenvalue weighted by atomic mass is 9.95. The van der Waals surface area contributed by atoms with Gasteiger partial charge >= 0.3 is 6.18 Å². The summed E-state index contributed by atoms with van der Waals surface area (Å²) >= 11 is 0. The van der Waals surface area contributed by atoms with Gasteiger partial charge in [0.15, 0.2) is 11.6 Å². The predicted octanol–water partition coefficient (Wildman–Crippen LogP) is 3.67. The summed E-state index contributed by atoms with van der Waals surface area (Å²) in [5, 5.41) is 5.90. The van der Waals surface area contributed by atoms with Gasteiger partial charge in [0.2, 0.25) is 5.91 Å². The van der Waals surface area contributed by atoms with E-state index in [-0.39, 0.29) is 18.4 Å². The van der Waals surface area contributed by atoms with Gasteiger partial charge in [-0.3, -0.25) is 4.79 Å². The van der Waals surface area contributed by atoms with E-state index < -0.39 is 11.7 Å². The number of benzene rings is 1. The minimum absolute atomic E-state index is 0.128. The van der Waals surface area contributed by atoms with E-state index in [1.807, 2.05) is 20.3 Å². The zero-order valence-corrected chi connectivity index (χ0v) is 20.7. The number of likely N-dealkylation sites (N-methyl/N-ethyl adjacent to an activating group) is 1. The smallest absolute Gasteiger partial charge is 0.359 e. The van der Waals surface area contributed by atoms with Crippen LogP contribution in [0.5, 0.6) is 0 Å². The van der Waals surface area contributed by atoms with Gasteiger partial charge in [-0.05, 0) is 39.1 Å². The summed E-state index contributed by atoms with van der Waals surface area (Å²) in [6.07, 6.45) is 0.715. The molecule has 1 saturated heterocycles. The number of aromatic nitrogens is 4. The van der Waals surface area contributed by atoms with Crippen molar-refractivity contribution < 1.29 is 18.0 Å². The maximum atomic E-state index is 13.0. The number of nitrogens with one attached hydrogen (secondary N) is 2. The quantitative estimate of drug-likeness (QED) is 0.519. The lowest BCUT2D eigenvalue weighted by molar-refractivity contribution is -0.137. The fraction of sp³-hybridized carbons (Fsp3) is 0.440.